The summed E-state index contributed by atoms with van der Waals surface area (Å²) in [6.45, 7) is 8.34. The molecule has 0 spiro atoms. The number of rotatable bonds is 11. The second kappa shape index (κ2) is 12.4. The first kappa shape index (κ1) is 32.4. The van der Waals surface area contributed by atoms with E-state index < -0.39 is 50.3 Å². The molecule has 0 fully saturated rings. The lowest BCUT2D eigenvalue weighted by Crippen LogP contribution is -2.32. The van der Waals surface area contributed by atoms with Gasteiger partial charge in [-0.2, -0.15) is 18.3 Å². The van der Waals surface area contributed by atoms with Crippen molar-refractivity contribution < 1.29 is 45.8 Å². The molecule has 0 bridgehead atoms. The fourth-order valence-electron chi connectivity index (χ4n) is 3.85. The minimum absolute atomic E-state index is 0.00270. The third kappa shape index (κ3) is 7.02. The number of nitrogens with zero attached hydrogens (tertiary/aromatic N) is 2. The number of ether oxygens (including phenoxy) is 2. The van der Waals surface area contributed by atoms with E-state index in [1.807, 2.05) is 0 Å². The van der Waals surface area contributed by atoms with Crippen LogP contribution in [0.5, 0.6) is 17.4 Å². The molecular formula is C27H31F3N4O7S. The van der Waals surface area contributed by atoms with E-state index in [-0.39, 0.29) is 40.2 Å². The maximum Gasteiger partial charge on any atom is 0.419 e. The number of alkyl halides is 3. The Balaban J connectivity index is 2.09. The third-order valence-electron chi connectivity index (χ3n) is 6.22. The topological polar surface area (TPSA) is 149 Å². The van der Waals surface area contributed by atoms with Crippen LogP contribution in [0.2, 0.25) is 0 Å². The Morgan fingerprint density at radius 1 is 1.10 bits per heavy atom. The standard InChI is InChI=1S/C27H31F3N4O7S/c1-7-15(4)33-42(38,39)22-13-18(31-24(35)17-8-10-20(40-6)19(12-17)27(28,29)30)9-11-21(22)41-25-16(5)23(26(36)37)32-34(25)14(2)3/h8-15,33H,7H2,1-6H3,(H,31,35)(H,36,37)/t15-/m1/s1. The van der Waals surface area contributed by atoms with Crippen LogP contribution in [-0.2, 0) is 16.2 Å². The van der Waals surface area contributed by atoms with Crippen molar-refractivity contribution in [1.29, 1.82) is 0 Å². The van der Waals surface area contributed by atoms with Crippen molar-refractivity contribution in [3.05, 3.63) is 58.8 Å². The number of aromatic carboxylic acids is 1. The Hall–Kier alpha value is -4.11. The molecule has 3 N–H and O–H groups in total. The number of halogens is 3. The predicted molar refractivity (Wildman–Crippen MR) is 147 cm³/mol. The number of sulfonamides is 1. The second-order valence-electron chi connectivity index (χ2n) is 9.68. The molecule has 0 saturated heterocycles. The molecule has 228 valence electrons. The maximum absolute atomic E-state index is 13.5. The molecular weight excluding hydrogens is 581 g/mol. The number of amides is 1. The summed E-state index contributed by atoms with van der Waals surface area (Å²) in [5, 5.41) is 16.0. The van der Waals surface area contributed by atoms with Crippen LogP contribution in [-0.4, -0.2) is 48.3 Å². The fraction of sp³-hybridized carbons (Fsp3) is 0.370. The van der Waals surface area contributed by atoms with Crippen LogP contribution in [0.25, 0.3) is 0 Å². The number of anilines is 1. The van der Waals surface area contributed by atoms with Crippen molar-refractivity contribution >= 4 is 27.6 Å². The molecule has 1 atom stereocenters. The molecule has 42 heavy (non-hydrogen) atoms. The zero-order chi connectivity index (χ0) is 31.6. The number of hydrogen-bond donors (Lipinski definition) is 3. The highest BCUT2D eigenvalue weighted by Gasteiger charge is 2.35. The van der Waals surface area contributed by atoms with Crippen molar-refractivity contribution in [3.8, 4) is 17.4 Å². The molecule has 11 nitrogen and oxygen atoms in total. The summed E-state index contributed by atoms with van der Waals surface area (Å²) in [7, 11) is -3.20. The lowest BCUT2D eigenvalue weighted by atomic mass is 10.1. The molecule has 0 radical (unpaired) electrons. The van der Waals surface area contributed by atoms with Crippen molar-refractivity contribution in [1.82, 2.24) is 14.5 Å². The highest BCUT2D eigenvalue weighted by atomic mass is 32.2. The first-order valence-electron chi connectivity index (χ1n) is 12.7. The lowest BCUT2D eigenvalue weighted by Gasteiger charge is -2.18. The van der Waals surface area contributed by atoms with E-state index in [0.717, 1.165) is 25.3 Å². The van der Waals surface area contributed by atoms with Gasteiger partial charge in [-0.3, -0.25) is 4.79 Å². The van der Waals surface area contributed by atoms with Crippen LogP contribution < -0.4 is 19.5 Å². The molecule has 15 heteroatoms. The fourth-order valence-corrected chi connectivity index (χ4v) is 5.33. The summed E-state index contributed by atoms with van der Waals surface area (Å²) in [6, 6.07) is 5.57. The van der Waals surface area contributed by atoms with Crippen LogP contribution in [0.1, 0.15) is 72.1 Å². The summed E-state index contributed by atoms with van der Waals surface area (Å²) in [6.07, 6.45) is -4.34. The van der Waals surface area contributed by atoms with Crippen molar-refractivity contribution in [2.24, 2.45) is 0 Å². The quantitative estimate of drug-likeness (QED) is 0.253. The number of methoxy groups -OCH3 is 1. The molecule has 0 aliphatic heterocycles. The molecule has 0 saturated carbocycles. The zero-order valence-corrected chi connectivity index (χ0v) is 24.5. The van der Waals surface area contributed by atoms with Crippen molar-refractivity contribution in [2.45, 2.75) is 64.2 Å². The average Bonchev–Trinajstić information content (AvgIpc) is 3.24. The molecule has 0 aliphatic rings. The molecule has 3 aromatic rings. The van der Waals surface area contributed by atoms with Gasteiger partial charge in [-0.25, -0.2) is 22.6 Å². The lowest BCUT2D eigenvalue weighted by molar-refractivity contribution is -0.138. The minimum atomic E-state index is -4.79. The van der Waals surface area contributed by atoms with E-state index in [4.69, 9.17) is 9.47 Å². The third-order valence-corrected chi connectivity index (χ3v) is 7.83. The van der Waals surface area contributed by atoms with Gasteiger partial charge in [-0.1, -0.05) is 6.92 Å². The van der Waals surface area contributed by atoms with Gasteiger partial charge in [0.2, 0.25) is 15.9 Å². The van der Waals surface area contributed by atoms with Gasteiger partial charge >= 0.3 is 12.1 Å². The number of carbonyl (C=O) groups excluding carboxylic acids is 1. The van der Waals surface area contributed by atoms with Gasteiger partial charge in [-0.05, 0) is 70.5 Å². The van der Waals surface area contributed by atoms with Crippen molar-refractivity contribution in [2.75, 3.05) is 12.4 Å². The van der Waals surface area contributed by atoms with Crippen LogP contribution in [0.4, 0.5) is 18.9 Å². The average molecular weight is 613 g/mol. The molecule has 3 rings (SSSR count). The van der Waals surface area contributed by atoms with Crippen LogP contribution in [0.3, 0.4) is 0 Å². The van der Waals surface area contributed by atoms with E-state index in [0.29, 0.717) is 12.5 Å². The summed E-state index contributed by atoms with van der Waals surface area (Å²) in [5.74, 6) is -2.90. The van der Waals surface area contributed by atoms with E-state index in [2.05, 4.69) is 15.1 Å². The van der Waals surface area contributed by atoms with Gasteiger partial charge in [0.25, 0.3) is 5.91 Å². The van der Waals surface area contributed by atoms with Crippen LogP contribution >= 0.6 is 0 Å². The van der Waals surface area contributed by atoms with Gasteiger partial charge < -0.3 is 19.9 Å². The molecule has 1 heterocycles. The first-order valence-corrected chi connectivity index (χ1v) is 14.2. The molecule has 2 aromatic carbocycles. The van der Waals surface area contributed by atoms with Gasteiger partial charge in [-0.15, -0.1) is 0 Å². The Morgan fingerprint density at radius 3 is 2.29 bits per heavy atom. The maximum atomic E-state index is 13.5. The van der Waals surface area contributed by atoms with Gasteiger partial charge in [0.1, 0.15) is 16.4 Å². The monoisotopic (exact) mass is 612 g/mol. The van der Waals surface area contributed by atoms with Crippen LogP contribution in [0, 0.1) is 6.92 Å². The highest BCUT2D eigenvalue weighted by Crippen LogP contribution is 2.38. The predicted octanol–water partition coefficient (Wildman–Crippen LogP) is 5.62. The SMILES string of the molecule is CC[C@@H](C)NS(=O)(=O)c1cc(NC(=O)c2ccc(OC)c(C(F)(F)F)c2)ccc1Oc1c(C)c(C(=O)O)nn1C(C)C. The number of carbonyl (C=O) groups is 2. The number of hydrogen-bond acceptors (Lipinski definition) is 7. The van der Waals surface area contributed by atoms with Gasteiger partial charge in [0.15, 0.2) is 5.69 Å². The second-order valence-corrected chi connectivity index (χ2v) is 11.4. The summed E-state index contributed by atoms with van der Waals surface area (Å²) < 4.78 is 81.7. The minimum Gasteiger partial charge on any atom is -0.496 e. The summed E-state index contributed by atoms with van der Waals surface area (Å²) in [5.41, 5.74) is -1.67. The Kier molecular flexibility index (Phi) is 9.57. The number of carboxylic acid groups (broad SMARTS) is 1. The van der Waals surface area contributed by atoms with Crippen molar-refractivity contribution in [3.63, 3.8) is 0 Å². The largest absolute Gasteiger partial charge is 0.496 e. The summed E-state index contributed by atoms with van der Waals surface area (Å²) in [4.78, 5) is 24.2. The van der Waals surface area contributed by atoms with E-state index in [9.17, 15) is 36.3 Å². The normalized spacial score (nSPS) is 12.7. The Bertz CT molecular complexity index is 1600. The Morgan fingerprint density at radius 2 is 1.74 bits per heavy atom. The summed E-state index contributed by atoms with van der Waals surface area (Å²) >= 11 is 0. The number of benzene rings is 2. The van der Waals surface area contributed by atoms with Gasteiger partial charge in [0.05, 0.1) is 18.7 Å². The molecule has 0 unspecified atom stereocenters. The molecule has 0 aliphatic carbocycles. The Labute approximate surface area is 240 Å². The first-order chi connectivity index (χ1) is 19.5. The van der Waals surface area contributed by atoms with E-state index >= 15 is 0 Å². The van der Waals surface area contributed by atoms with Gasteiger partial charge in [0, 0.05) is 22.9 Å². The molecule has 1 aromatic heterocycles. The van der Waals surface area contributed by atoms with E-state index in [1.54, 1.807) is 27.7 Å². The number of aromatic nitrogens is 2. The molecule has 1 amide bonds. The smallest absolute Gasteiger partial charge is 0.419 e. The van der Waals surface area contributed by atoms with E-state index in [1.165, 1.54) is 23.7 Å². The highest BCUT2D eigenvalue weighted by molar-refractivity contribution is 7.89. The number of nitrogens with one attached hydrogen (secondary N) is 2. The number of carboxylic acids is 1. The zero-order valence-electron chi connectivity index (χ0n) is 23.7. The van der Waals surface area contributed by atoms with Crippen LogP contribution in [0.15, 0.2) is 41.3 Å².